The Labute approximate surface area is 122 Å². The number of rotatable bonds is 3. The Bertz CT molecular complexity index is 480. The summed E-state index contributed by atoms with van der Waals surface area (Å²) in [5.74, 6) is -1.74. The largest absolute Gasteiger partial charge is 0.506 e. The number of ether oxygens (including phenoxy) is 1. The van der Waals surface area contributed by atoms with E-state index in [0.717, 1.165) is 6.07 Å². The van der Waals surface area contributed by atoms with Gasteiger partial charge < -0.3 is 15.6 Å². The second kappa shape index (κ2) is 6.41. The van der Waals surface area contributed by atoms with Gasteiger partial charge in [0.25, 0.3) is 0 Å². The molecule has 1 aromatic rings. The van der Waals surface area contributed by atoms with Crippen LogP contribution in [-0.2, 0) is 9.53 Å². The van der Waals surface area contributed by atoms with E-state index >= 15 is 0 Å². The minimum absolute atomic E-state index is 0. The van der Waals surface area contributed by atoms with Gasteiger partial charge in [-0.3, -0.25) is 4.79 Å². The zero-order chi connectivity index (χ0) is 14.1. The lowest BCUT2D eigenvalue weighted by Gasteiger charge is -2.29. The average molecular weight is 312 g/mol. The third-order valence-electron chi connectivity index (χ3n) is 2.92. The lowest BCUT2D eigenvalue weighted by atomic mass is 9.80. The smallest absolute Gasteiger partial charge is 0.313 e. The van der Waals surface area contributed by atoms with Gasteiger partial charge in [0, 0.05) is 11.6 Å². The number of esters is 1. The first kappa shape index (κ1) is 18.0. The molecule has 0 saturated carbocycles. The van der Waals surface area contributed by atoms with Crippen LogP contribution in [0.3, 0.4) is 0 Å². The highest BCUT2D eigenvalue weighted by atomic mass is 35.5. The molecule has 0 unspecified atom stereocenters. The monoisotopic (exact) mass is 311 g/mol. The molecule has 0 aromatic heterocycles. The molecule has 1 atom stereocenters. The summed E-state index contributed by atoms with van der Waals surface area (Å²) in [6.07, 6.45) is 0. The van der Waals surface area contributed by atoms with Crippen LogP contribution in [0.25, 0.3) is 0 Å². The minimum Gasteiger partial charge on any atom is -0.506 e. The zero-order valence-corrected chi connectivity index (χ0v) is 12.3. The molecule has 0 spiro atoms. The molecule has 0 heterocycles. The van der Waals surface area contributed by atoms with E-state index in [4.69, 9.17) is 17.3 Å². The van der Waals surface area contributed by atoms with Gasteiger partial charge in [0.05, 0.1) is 12.5 Å². The number of nitrogens with two attached hydrogens (primary N) is 1. The van der Waals surface area contributed by atoms with Gasteiger partial charge in [-0.2, -0.15) is 0 Å². The van der Waals surface area contributed by atoms with Gasteiger partial charge in [-0.1, -0.05) is 17.7 Å². The van der Waals surface area contributed by atoms with Crippen molar-refractivity contribution in [2.45, 2.75) is 19.9 Å². The number of hydrogen-bond acceptors (Lipinski definition) is 4. The number of phenolic OH excluding ortho intramolecular Hbond substituents is 1. The van der Waals surface area contributed by atoms with Gasteiger partial charge >= 0.3 is 5.97 Å². The van der Waals surface area contributed by atoms with Crippen molar-refractivity contribution in [3.8, 4) is 5.75 Å². The normalized spacial score (nSPS) is 12.5. The lowest BCUT2D eigenvalue weighted by molar-refractivity contribution is -0.152. The van der Waals surface area contributed by atoms with Crippen molar-refractivity contribution in [1.82, 2.24) is 0 Å². The van der Waals surface area contributed by atoms with Crippen molar-refractivity contribution in [2.75, 3.05) is 7.11 Å². The number of carbonyl (C=O) groups is 1. The predicted octanol–water partition coefficient (Wildman–Crippen LogP) is 2.81. The first-order chi connectivity index (χ1) is 8.23. The first-order valence-corrected chi connectivity index (χ1v) is 5.62. The highest BCUT2D eigenvalue weighted by Gasteiger charge is 2.38. The fraction of sp³-hybridized carbons (Fsp3) is 0.417. The van der Waals surface area contributed by atoms with E-state index in [1.807, 2.05) is 0 Å². The van der Waals surface area contributed by atoms with E-state index in [9.17, 15) is 14.3 Å². The number of hydrogen-bond donors (Lipinski definition) is 2. The minimum atomic E-state index is -1.08. The molecule has 1 aromatic carbocycles. The average Bonchev–Trinajstić information content (AvgIpc) is 2.34. The number of halogens is 3. The molecule has 0 bridgehead atoms. The number of benzene rings is 1. The van der Waals surface area contributed by atoms with E-state index < -0.39 is 34.0 Å². The molecule has 4 nitrogen and oxygen atoms in total. The molecule has 108 valence electrons. The molecule has 0 radical (unpaired) electrons. The maximum absolute atomic E-state index is 13.1. The second-order valence-corrected chi connectivity index (χ2v) is 4.87. The molecule has 0 amide bonds. The summed E-state index contributed by atoms with van der Waals surface area (Å²) >= 11 is 5.59. The van der Waals surface area contributed by atoms with Crippen molar-refractivity contribution in [1.29, 1.82) is 0 Å². The Morgan fingerprint density at radius 2 is 2.05 bits per heavy atom. The van der Waals surface area contributed by atoms with Crippen LogP contribution in [0.4, 0.5) is 4.39 Å². The molecular formula is C12H16Cl2FNO3. The van der Waals surface area contributed by atoms with Crippen LogP contribution in [0.15, 0.2) is 12.1 Å². The number of carbonyl (C=O) groups excluding carboxylic acids is 1. The van der Waals surface area contributed by atoms with Crippen LogP contribution in [0.5, 0.6) is 5.75 Å². The maximum Gasteiger partial charge on any atom is 0.313 e. The zero-order valence-electron chi connectivity index (χ0n) is 10.7. The Morgan fingerprint density at radius 3 is 2.53 bits per heavy atom. The molecular weight excluding hydrogens is 296 g/mol. The second-order valence-electron chi connectivity index (χ2n) is 4.49. The third kappa shape index (κ3) is 3.29. The quantitative estimate of drug-likeness (QED) is 0.842. The Balaban J connectivity index is 0.00000324. The van der Waals surface area contributed by atoms with Crippen LogP contribution in [-0.4, -0.2) is 18.2 Å². The highest BCUT2D eigenvalue weighted by Crippen LogP contribution is 2.40. The Hall–Kier alpha value is -1.04. The SMILES string of the molecule is COC(=O)C(C)(C)[C@H](N)c1ccc(F)c(Cl)c1O.Cl. The summed E-state index contributed by atoms with van der Waals surface area (Å²) in [7, 11) is 1.24. The summed E-state index contributed by atoms with van der Waals surface area (Å²) in [5.41, 5.74) is 5.04. The van der Waals surface area contributed by atoms with Gasteiger partial charge in [0.2, 0.25) is 0 Å². The summed E-state index contributed by atoms with van der Waals surface area (Å²) in [5, 5.41) is 9.35. The van der Waals surface area contributed by atoms with Crippen molar-refractivity contribution in [2.24, 2.45) is 11.1 Å². The maximum atomic E-state index is 13.1. The molecule has 0 aliphatic rings. The molecule has 0 saturated heterocycles. The van der Waals surface area contributed by atoms with Crippen LogP contribution in [0.2, 0.25) is 5.02 Å². The predicted molar refractivity (Wildman–Crippen MR) is 73.0 cm³/mol. The molecule has 7 heteroatoms. The standard InChI is InChI=1S/C12H15ClFNO3.ClH/c1-12(2,11(17)18-3)10(15)6-4-5-7(14)8(13)9(6)16;/h4-5,10,16H,15H2,1-3H3;1H/t10-;/m1./s1. The van der Waals surface area contributed by atoms with Crippen molar-refractivity contribution in [3.63, 3.8) is 0 Å². The number of aromatic hydroxyl groups is 1. The molecule has 0 aliphatic heterocycles. The van der Waals surface area contributed by atoms with E-state index in [-0.39, 0.29) is 18.0 Å². The molecule has 1 rings (SSSR count). The van der Waals surface area contributed by atoms with Gasteiger partial charge in [0.15, 0.2) is 0 Å². The Morgan fingerprint density at radius 1 is 1.53 bits per heavy atom. The van der Waals surface area contributed by atoms with Gasteiger partial charge in [0.1, 0.15) is 16.6 Å². The van der Waals surface area contributed by atoms with Crippen LogP contribution in [0, 0.1) is 11.2 Å². The Kier molecular flexibility index (Phi) is 6.06. The van der Waals surface area contributed by atoms with Gasteiger partial charge in [-0.15, -0.1) is 12.4 Å². The fourth-order valence-corrected chi connectivity index (χ4v) is 1.76. The van der Waals surface area contributed by atoms with Crippen LogP contribution >= 0.6 is 24.0 Å². The third-order valence-corrected chi connectivity index (χ3v) is 3.28. The van der Waals surface area contributed by atoms with E-state index in [2.05, 4.69) is 4.74 Å². The molecule has 0 aliphatic carbocycles. The topological polar surface area (TPSA) is 72.5 Å². The van der Waals surface area contributed by atoms with Crippen LogP contribution < -0.4 is 5.73 Å². The summed E-state index contributed by atoms with van der Waals surface area (Å²) in [6, 6.07) is 1.51. The molecule has 19 heavy (non-hydrogen) atoms. The van der Waals surface area contributed by atoms with E-state index in [0.29, 0.717) is 0 Å². The number of phenols is 1. The number of methoxy groups -OCH3 is 1. The summed E-state index contributed by atoms with van der Waals surface area (Å²) in [6.45, 7) is 3.14. The van der Waals surface area contributed by atoms with Crippen molar-refractivity contribution >= 4 is 30.0 Å². The van der Waals surface area contributed by atoms with E-state index in [1.165, 1.54) is 13.2 Å². The van der Waals surface area contributed by atoms with Gasteiger partial charge in [-0.25, -0.2) is 4.39 Å². The lowest BCUT2D eigenvalue weighted by Crippen LogP contribution is -2.37. The van der Waals surface area contributed by atoms with Crippen molar-refractivity contribution < 1.29 is 19.0 Å². The van der Waals surface area contributed by atoms with Crippen LogP contribution in [0.1, 0.15) is 25.5 Å². The van der Waals surface area contributed by atoms with E-state index in [1.54, 1.807) is 13.8 Å². The highest BCUT2D eigenvalue weighted by molar-refractivity contribution is 6.32. The molecule has 3 N–H and O–H groups in total. The van der Waals surface area contributed by atoms with Crippen molar-refractivity contribution in [3.05, 3.63) is 28.5 Å². The molecule has 0 fully saturated rings. The van der Waals surface area contributed by atoms with Gasteiger partial charge in [-0.05, 0) is 19.9 Å². The first-order valence-electron chi connectivity index (χ1n) is 5.24. The summed E-state index contributed by atoms with van der Waals surface area (Å²) in [4.78, 5) is 11.6. The summed E-state index contributed by atoms with van der Waals surface area (Å²) < 4.78 is 17.8. The fourth-order valence-electron chi connectivity index (χ4n) is 1.58.